The summed E-state index contributed by atoms with van der Waals surface area (Å²) in [4.78, 5) is 14.3. The summed E-state index contributed by atoms with van der Waals surface area (Å²) in [6.45, 7) is 5.47. The molecule has 6 nitrogen and oxygen atoms in total. The van der Waals surface area contributed by atoms with Crippen molar-refractivity contribution in [3.63, 3.8) is 0 Å². The fourth-order valence-corrected chi connectivity index (χ4v) is 3.33. The molecule has 0 spiro atoms. The zero-order valence-corrected chi connectivity index (χ0v) is 15.5. The van der Waals surface area contributed by atoms with E-state index in [-0.39, 0.29) is 5.91 Å². The summed E-state index contributed by atoms with van der Waals surface area (Å²) < 4.78 is 30.0. The fourth-order valence-electron chi connectivity index (χ4n) is 2.83. The SMILES string of the molecule is CC1CCCN(C(=O)C(C)Oc2ccc(N(C)S(C)(=O)=O)cc2)C1. The van der Waals surface area contributed by atoms with Crippen molar-refractivity contribution in [1.82, 2.24) is 4.90 Å². The van der Waals surface area contributed by atoms with Crippen molar-refractivity contribution in [1.29, 1.82) is 0 Å². The van der Waals surface area contributed by atoms with E-state index < -0.39 is 16.1 Å². The molecule has 0 bridgehead atoms. The van der Waals surface area contributed by atoms with Gasteiger partial charge in [0.1, 0.15) is 5.75 Å². The van der Waals surface area contributed by atoms with Gasteiger partial charge in [-0.15, -0.1) is 0 Å². The zero-order valence-electron chi connectivity index (χ0n) is 14.7. The zero-order chi connectivity index (χ0) is 17.9. The Labute approximate surface area is 144 Å². The van der Waals surface area contributed by atoms with E-state index in [1.54, 1.807) is 31.2 Å². The van der Waals surface area contributed by atoms with Crippen molar-refractivity contribution in [2.45, 2.75) is 32.8 Å². The van der Waals surface area contributed by atoms with Gasteiger partial charge < -0.3 is 9.64 Å². The molecule has 0 N–H and O–H groups in total. The molecular weight excluding hydrogens is 328 g/mol. The minimum absolute atomic E-state index is 0.00104. The molecule has 7 heteroatoms. The third-order valence-electron chi connectivity index (χ3n) is 4.33. The summed E-state index contributed by atoms with van der Waals surface area (Å²) in [7, 11) is -1.80. The maximum absolute atomic E-state index is 12.5. The Hall–Kier alpha value is -1.76. The van der Waals surface area contributed by atoms with E-state index in [1.807, 2.05) is 4.90 Å². The monoisotopic (exact) mass is 354 g/mol. The molecule has 0 aromatic heterocycles. The first-order valence-electron chi connectivity index (χ1n) is 8.18. The molecule has 2 unspecified atom stereocenters. The Balaban J connectivity index is 1.99. The number of anilines is 1. The number of rotatable bonds is 5. The van der Waals surface area contributed by atoms with Crippen molar-refractivity contribution in [2.24, 2.45) is 5.92 Å². The van der Waals surface area contributed by atoms with Crippen LogP contribution in [0, 0.1) is 5.92 Å². The second-order valence-corrected chi connectivity index (χ2v) is 8.53. The van der Waals surface area contributed by atoms with Crippen LogP contribution in [0.1, 0.15) is 26.7 Å². The number of benzene rings is 1. The average molecular weight is 354 g/mol. The lowest BCUT2D eigenvalue weighted by atomic mass is 10.00. The largest absolute Gasteiger partial charge is 0.481 e. The third kappa shape index (κ3) is 4.63. The van der Waals surface area contributed by atoms with Crippen LogP contribution in [0.5, 0.6) is 5.75 Å². The quantitative estimate of drug-likeness (QED) is 0.812. The number of hydrogen-bond acceptors (Lipinski definition) is 4. The van der Waals surface area contributed by atoms with Gasteiger partial charge in [-0.05, 0) is 49.9 Å². The maximum Gasteiger partial charge on any atom is 0.263 e. The first-order valence-corrected chi connectivity index (χ1v) is 10.0. The molecule has 2 rings (SSSR count). The molecule has 1 aliphatic heterocycles. The molecule has 1 aromatic rings. The van der Waals surface area contributed by atoms with Gasteiger partial charge in [0.05, 0.1) is 11.9 Å². The van der Waals surface area contributed by atoms with E-state index in [0.29, 0.717) is 17.4 Å². The van der Waals surface area contributed by atoms with Crippen LogP contribution < -0.4 is 9.04 Å². The van der Waals surface area contributed by atoms with Crippen molar-refractivity contribution in [3.05, 3.63) is 24.3 Å². The second kappa shape index (κ2) is 7.42. The van der Waals surface area contributed by atoms with Crippen LogP contribution in [0.2, 0.25) is 0 Å². The van der Waals surface area contributed by atoms with Gasteiger partial charge in [0, 0.05) is 20.1 Å². The highest BCUT2D eigenvalue weighted by atomic mass is 32.2. The Kier molecular flexibility index (Phi) is 5.74. The van der Waals surface area contributed by atoms with Crippen molar-refractivity contribution >= 4 is 21.6 Å². The second-order valence-electron chi connectivity index (χ2n) is 6.52. The molecule has 2 atom stereocenters. The predicted molar refractivity (Wildman–Crippen MR) is 94.8 cm³/mol. The lowest BCUT2D eigenvalue weighted by Crippen LogP contribution is -2.45. The Morgan fingerprint density at radius 1 is 1.33 bits per heavy atom. The number of carbonyl (C=O) groups is 1. The number of likely N-dealkylation sites (tertiary alicyclic amines) is 1. The number of ether oxygens (including phenoxy) is 1. The molecule has 0 aliphatic carbocycles. The fraction of sp³-hybridized carbons (Fsp3) is 0.588. The van der Waals surface area contributed by atoms with Gasteiger partial charge in [-0.2, -0.15) is 0 Å². The number of piperidine rings is 1. The first kappa shape index (κ1) is 18.6. The van der Waals surface area contributed by atoms with Crippen LogP contribution in [-0.4, -0.2) is 51.7 Å². The van der Waals surface area contributed by atoms with Crippen LogP contribution in [0.3, 0.4) is 0 Å². The van der Waals surface area contributed by atoms with Gasteiger partial charge >= 0.3 is 0 Å². The van der Waals surface area contributed by atoms with Crippen molar-refractivity contribution < 1.29 is 17.9 Å². The summed E-state index contributed by atoms with van der Waals surface area (Å²) in [6.07, 6.45) is 2.78. The van der Waals surface area contributed by atoms with Crippen LogP contribution in [0.4, 0.5) is 5.69 Å². The summed E-state index contributed by atoms with van der Waals surface area (Å²) in [6, 6.07) is 6.69. The minimum atomic E-state index is -3.29. The van der Waals surface area contributed by atoms with Crippen LogP contribution in [-0.2, 0) is 14.8 Å². The summed E-state index contributed by atoms with van der Waals surface area (Å²) in [5.74, 6) is 1.08. The van der Waals surface area contributed by atoms with Gasteiger partial charge in [-0.3, -0.25) is 9.10 Å². The van der Waals surface area contributed by atoms with Crippen molar-refractivity contribution in [3.8, 4) is 5.75 Å². The van der Waals surface area contributed by atoms with Gasteiger partial charge in [0.25, 0.3) is 5.91 Å². The molecule has 24 heavy (non-hydrogen) atoms. The van der Waals surface area contributed by atoms with E-state index in [1.165, 1.54) is 11.4 Å². The number of carbonyl (C=O) groups excluding carboxylic acids is 1. The van der Waals surface area contributed by atoms with E-state index in [9.17, 15) is 13.2 Å². The smallest absolute Gasteiger partial charge is 0.263 e. The van der Waals surface area contributed by atoms with Crippen LogP contribution >= 0.6 is 0 Å². The van der Waals surface area contributed by atoms with E-state index in [2.05, 4.69) is 6.92 Å². The van der Waals surface area contributed by atoms with E-state index in [4.69, 9.17) is 4.74 Å². The molecule has 1 saturated heterocycles. The first-order chi connectivity index (χ1) is 11.2. The highest BCUT2D eigenvalue weighted by Gasteiger charge is 2.26. The topological polar surface area (TPSA) is 66.9 Å². The number of sulfonamides is 1. The summed E-state index contributed by atoms with van der Waals surface area (Å²) in [5, 5.41) is 0. The molecule has 1 heterocycles. The standard InChI is InChI=1S/C17H26N2O4S/c1-13-6-5-11-19(12-13)17(20)14(2)23-16-9-7-15(8-10-16)18(3)24(4,21)22/h7-10,13-14H,5-6,11-12H2,1-4H3. The molecule has 0 radical (unpaired) electrons. The maximum atomic E-state index is 12.5. The lowest BCUT2D eigenvalue weighted by molar-refractivity contribution is -0.139. The molecular formula is C17H26N2O4S. The molecule has 134 valence electrons. The predicted octanol–water partition coefficient (Wildman–Crippen LogP) is 2.11. The van der Waals surface area contributed by atoms with Gasteiger partial charge in [0.2, 0.25) is 10.0 Å². The summed E-state index contributed by atoms with van der Waals surface area (Å²) >= 11 is 0. The lowest BCUT2D eigenvalue weighted by Gasteiger charge is -2.32. The molecule has 1 aliphatic rings. The molecule has 0 saturated carbocycles. The minimum Gasteiger partial charge on any atom is -0.481 e. The van der Waals surface area contributed by atoms with E-state index in [0.717, 1.165) is 32.2 Å². The highest BCUT2D eigenvalue weighted by Crippen LogP contribution is 2.22. The van der Waals surface area contributed by atoms with Gasteiger partial charge in [-0.1, -0.05) is 6.92 Å². The van der Waals surface area contributed by atoms with Gasteiger partial charge in [-0.25, -0.2) is 8.42 Å². The molecule has 1 amide bonds. The van der Waals surface area contributed by atoms with Gasteiger partial charge in [0.15, 0.2) is 6.10 Å². The van der Waals surface area contributed by atoms with E-state index >= 15 is 0 Å². The number of hydrogen-bond donors (Lipinski definition) is 0. The van der Waals surface area contributed by atoms with Crippen molar-refractivity contribution in [2.75, 3.05) is 30.7 Å². The molecule has 1 aromatic carbocycles. The molecule has 1 fully saturated rings. The Bertz CT molecular complexity index is 672. The summed E-state index contributed by atoms with van der Waals surface area (Å²) in [5.41, 5.74) is 0.550. The van der Waals surface area contributed by atoms with Crippen LogP contribution in [0.15, 0.2) is 24.3 Å². The normalized spacial score (nSPS) is 19.7. The third-order valence-corrected chi connectivity index (χ3v) is 5.53. The Morgan fingerprint density at radius 2 is 1.96 bits per heavy atom. The Morgan fingerprint density at radius 3 is 2.50 bits per heavy atom. The number of amides is 1. The van der Waals surface area contributed by atoms with Crippen LogP contribution in [0.25, 0.3) is 0 Å². The average Bonchev–Trinajstić information content (AvgIpc) is 2.53. The number of nitrogens with zero attached hydrogens (tertiary/aromatic N) is 2. The highest BCUT2D eigenvalue weighted by molar-refractivity contribution is 7.92.